The van der Waals surface area contributed by atoms with E-state index in [9.17, 15) is 4.79 Å². The van der Waals surface area contributed by atoms with Crippen LogP contribution in [0.1, 0.15) is 36.9 Å². The summed E-state index contributed by atoms with van der Waals surface area (Å²) >= 11 is 6.15. The summed E-state index contributed by atoms with van der Waals surface area (Å²) < 4.78 is 0. The topological polar surface area (TPSA) is 52.2 Å². The van der Waals surface area contributed by atoms with Gasteiger partial charge in [-0.25, -0.2) is 4.98 Å². The molecule has 2 fully saturated rings. The second kappa shape index (κ2) is 8.03. The van der Waals surface area contributed by atoms with Crippen LogP contribution in [0, 0.1) is 5.41 Å². The fourth-order valence-electron chi connectivity index (χ4n) is 4.65. The molecule has 1 N–H and O–H groups in total. The second-order valence-corrected chi connectivity index (χ2v) is 8.52. The molecule has 4 rings (SSSR count). The van der Waals surface area contributed by atoms with E-state index in [4.69, 9.17) is 11.6 Å². The average Bonchev–Trinajstić information content (AvgIpc) is 3.17. The second-order valence-electron chi connectivity index (χ2n) is 8.09. The minimum absolute atomic E-state index is 0.235. The van der Waals surface area contributed by atoms with E-state index in [0.717, 1.165) is 56.3 Å². The minimum atomic E-state index is 0.235. The van der Waals surface area contributed by atoms with Gasteiger partial charge in [-0.15, -0.1) is 0 Å². The number of nitrogens with one attached hydrogen (secondary N) is 1. The summed E-state index contributed by atoms with van der Waals surface area (Å²) in [6.45, 7) is 4.77. The number of amides is 1. The van der Waals surface area contributed by atoms with E-state index in [1.54, 1.807) is 6.33 Å². The van der Waals surface area contributed by atoms with E-state index in [0.29, 0.717) is 12.3 Å². The number of rotatable bonds is 5. The number of piperidine rings is 2. The molecule has 1 amide bonds. The number of carbonyl (C=O) groups is 1. The molecular weight excluding hydrogens is 360 g/mol. The molecule has 1 atom stereocenters. The summed E-state index contributed by atoms with van der Waals surface area (Å²) in [6.07, 6.45) is 8.48. The molecule has 3 heterocycles. The minimum Gasteiger partial charge on any atom is -0.348 e. The van der Waals surface area contributed by atoms with Crippen molar-refractivity contribution in [3.05, 3.63) is 53.1 Å². The highest BCUT2D eigenvalue weighted by Crippen LogP contribution is 2.39. The van der Waals surface area contributed by atoms with Crippen molar-refractivity contribution in [3.63, 3.8) is 0 Å². The Bertz CT molecular complexity index is 778. The van der Waals surface area contributed by atoms with Gasteiger partial charge < -0.3 is 9.88 Å². The van der Waals surface area contributed by atoms with Crippen LogP contribution >= 0.6 is 11.6 Å². The van der Waals surface area contributed by atoms with Crippen molar-refractivity contribution in [2.45, 2.75) is 38.6 Å². The summed E-state index contributed by atoms with van der Waals surface area (Å²) in [7, 11) is 0. The fourth-order valence-corrected chi connectivity index (χ4v) is 4.87. The van der Waals surface area contributed by atoms with Crippen LogP contribution in [-0.4, -0.2) is 51.9 Å². The van der Waals surface area contributed by atoms with Gasteiger partial charge in [0.1, 0.15) is 0 Å². The zero-order valence-electron chi connectivity index (χ0n) is 15.7. The molecule has 5 nitrogen and oxygen atoms in total. The van der Waals surface area contributed by atoms with Crippen molar-refractivity contribution in [1.82, 2.24) is 19.8 Å². The molecule has 2 aromatic rings. The molecule has 27 heavy (non-hydrogen) atoms. The number of likely N-dealkylation sites (tertiary alicyclic amines) is 2. The predicted molar refractivity (Wildman–Crippen MR) is 107 cm³/mol. The van der Waals surface area contributed by atoms with Crippen molar-refractivity contribution >= 4 is 17.5 Å². The summed E-state index contributed by atoms with van der Waals surface area (Å²) in [5.41, 5.74) is 2.59. The standard InChI is InChI=1S/C21H27ClN4O/c22-18-4-1-3-17(11-18)13-25-9-2-7-21(14-25)8-5-20(27)26(15-21)10-6-19-12-23-16-24-19/h1,3-4,11-12,16H,2,5-10,13-15H2,(H,23,24). The van der Waals surface area contributed by atoms with E-state index in [2.05, 4.69) is 31.9 Å². The highest BCUT2D eigenvalue weighted by atomic mass is 35.5. The van der Waals surface area contributed by atoms with Crippen molar-refractivity contribution < 1.29 is 4.79 Å². The SMILES string of the molecule is O=C1CCC2(CCCN(Cc3cccc(Cl)c3)C2)CN1CCc1cnc[nH]1. The Kier molecular flexibility index (Phi) is 5.50. The smallest absolute Gasteiger partial charge is 0.222 e. The number of imidazole rings is 1. The molecule has 2 aliphatic heterocycles. The maximum Gasteiger partial charge on any atom is 0.222 e. The maximum atomic E-state index is 12.5. The van der Waals surface area contributed by atoms with Gasteiger partial charge in [0.2, 0.25) is 5.91 Å². The number of nitrogens with zero attached hydrogens (tertiary/aromatic N) is 3. The average molecular weight is 387 g/mol. The lowest BCUT2D eigenvalue weighted by atomic mass is 9.73. The van der Waals surface area contributed by atoms with E-state index < -0.39 is 0 Å². The van der Waals surface area contributed by atoms with Gasteiger partial charge in [0, 0.05) is 61.3 Å². The first-order chi connectivity index (χ1) is 13.1. The summed E-state index contributed by atoms with van der Waals surface area (Å²) in [5.74, 6) is 0.298. The number of benzene rings is 1. The van der Waals surface area contributed by atoms with Gasteiger partial charge in [0.15, 0.2) is 0 Å². The lowest BCUT2D eigenvalue weighted by Gasteiger charge is -2.48. The molecule has 0 bridgehead atoms. The molecule has 6 heteroatoms. The molecule has 2 saturated heterocycles. The number of hydrogen-bond donors (Lipinski definition) is 1. The van der Waals surface area contributed by atoms with Crippen molar-refractivity contribution in [1.29, 1.82) is 0 Å². The molecule has 0 saturated carbocycles. The van der Waals surface area contributed by atoms with Gasteiger partial charge in [-0.3, -0.25) is 9.69 Å². The zero-order chi connectivity index (χ0) is 18.7. The van der Waals surface area contributed by atoms with E-state index in [1.165, 1.54) is 18.4 Å². The van der Waals surface area contributed by atoms with Crippen LogP contribution in [0.25, 0.3) is 0 Å². The van der Waals surface area contributed by atoms with Crippen LogP contribution in [0.2, 0.25) is 5.02 Å². The molecule has 0 aliphatic carbocycles. The molecule has 2 aliphatic rings. The first kappa shape index (κ1) is 18.5. The number of H-pyrrole nitrogens is 1. The van der Waals surface area contributed by atoms with Gasteiger partial charge in [0.25, 0.3) is 0 Å². The van der Waals surface area contributed by atoms with Gasteiger partial charge >= 0.3 is 0 Å². The van der Waals surface area contributed by atoms with E-state index in [-0.39, 0.29) is 5.41 Å². The Labute approximate surface area is 165 Å². The maximum absolute atomic E-state index is 12.5. The Morgan fingerprint density at radius 1 is 1.26 bits per heavy atom. The third kappa shape index (κ3) is 4.53. The van der Waals surface area contributed by atoms with Crippen LogP contribution in [0.4, 0.5) is 0 Å². The molecular formula is C21H27ClN4O. The summed E-state index contributed by atoms with van der Waals surface area (Å²) in [4.78, 5) is 24.3. The lowest BCUT2D eigenvalue weighted by Crippen LogP contribution is -2.54. The van der Waals surface area contributed by atoms with E-state index in [1.807, 2.05) is 18.3 Å². The van der Waals surface area contributed by atoms with Crippen LogP contribution in [0.5, 0.6) is 0 Å². The zero-order valence-corrected chi connectivity index (χ0v) is 16.4. The highest BCUT2D eigenvalue weighted by Gasteiger charge is 2.41. The van der Waals surface area contributed by atoms with Crippen LogP contribution in [-0.2, 0) is 17.8 Å². The van der Waals surface area contributed by atoms with Crippen LogP contribution < -0.4 is 0 Å². The Morgan fingerprint density at radius 2 is 2.19 bits per heavy atom. The first-order valence-corrected chi connectivity index (χ1v) is 10.2. The Morgan fingerprint density at radius 3 is 3.00 bits per heavy atom. The quantitative estimate of drug-likeness (QED) is 0.855. The monoisotopic (exact) mass is 386 g/mol. The third-order valence-corrected chi connectivity index (χ3v) is 6.22. The number of halogens is 1. The Hall–Kier alpha value is -1.85. The molecule has 1 aromatic carbocycles. The predicted octanol–water partition coefficient (Wildman–Crippen LogP) is 3.51. The van der Waals surface area contributed by atoms with Crippen molar-refractivity contribution in [3.8, 4) is 0 Å². The first-order valence-electron chi connectivity index (χ1n) is 9.84. The number of aromatic amines is 1. The fraction of sp³-hybridized carbons (Fsp3) is 0.524. The van der Waals surface area contributed by atoms with Crippen molar-refractivity contribution in [2.24, 2.45) is 5.41 Å². The Balaban J connectivity index is 1.39. The van der Waals surface area contributed by atoms with Crippen LogP contribution in [0.3, 0.4) is 0 Å². The molecule has 0 radical (unpaired) electrons. The van der Waals surface area contributed by atoms with Crippen LogP contribution in [0.15, 0.2) is 36.8 Å². The van der Waals surface area contributed by atoms with E-state index >= 15 is 0 Å². The normalized spacial score (nSPS) is 23.9. The number of hydrogen-bond acceptors (Lipinski definition) is 3. The summed E-state index contributed by atoms with van der Waals surface area (Å²) in [5, 5.41) is 0.799. The number of carbonyl (C=O) groups excluding carboxylic acids is 1. The van der Waals surface area contributed by atoms with Gasteiger partial charge in [-0.2, -0.15) is 0 Å². The molecule has 1 aromatic heterocycles. The highest BCUT2D eigenvalue weighted by molar-refractivity contribution is 6.30. The van der Waals surface area contributed by atoms with Crippen molar-refractivity contribution in [2.75, 3.05) is 26.2 Å². The number of aromatic nitrogens is 2. The summed E-state index contributed by atoms with van der Waals surface area (Å²) in [6, 6.07) is 8.15. The van der Waals surface area contributed by atoms with Gasteiger partial charge in [-0.1, -0.05) is 23.7 Å². The third-order valence-electron chi connectivity index (χ3n) is 5.99. The van der Waals surface area contributed by atoms with Gasteiger partial charge in [0.05, 0.1) is 6.33 Å². The largest absolute Gasteiger partial charge is 0.348 e. The molecule has 144 valence electrons. The molecule has 1 spiro atoms. The molecule has 1 unspecified atom stereocenters. The lowest BCUT2D eigenvalue weighted by molar-refractivity contribution is -0.139. The van der Waals surface area contributed by atoms with Gasteiger partial charge in [-0.05, 0) is 43.5 Å².